The van der Waals surface area contributed by atoms with Gasteiger partial charge in [0.25, 0.3) is 0 Å². The Bertz CT molecular complexity index is 449. The lowest BCUT2D eigenvalue weighted by molar-refractivity contribution is 0.579. The van der Waals surface area contributed by atoms with Gasteiger partial charge in [-0.1, -0.05) is 12.1 Å². The number of halogens is 1. The summed E-state index contributed by atoms with van der Waals surface area (Å²) in [5.74, 6) is -0.257. The van der Waals surface area contributed by atoms with E-state index >= 15 is 0 Å². The minimum absolute atomic E-state index is 0.0483. The number of hydrogen-bond donors (Lipinski definition) is 2. The maximum Gasteiger partial charge on any atom is 0.212 e. The van der Waals surface area contributed by atoms with Gasteiger partial charge in [-0.25, -0.2) is 17.5 Å². The number of hydrogen-bond acceptors (Lipinski definition) is 3. The van der Waals surface area contributed by atoms with Gasteiger partial charge >= 0.3 is 0 Å². The molecule has 0 spiro atoms. The summed E-state index contributed by atoms with van der Waals surface area (Å²) in [7, 11) is -1.53. The molecule has 1 aromatic rings. The Balaban J connectivity index is 2.37. The van der Waals surface area contributed by atoms with Gasteiger partial charge in [-0.05, 0) is 31.2 Å². The van der Waals surface area contributed by atoms with Crippen LogP contribution >= 0.6 is 0 Å². The fourth-order valence-electron chi connectivity index (χ4n) is 1.35. The molecule has 0 bridgehead atoms. The predicted molar refractivity (Wildman–Crippen MR) is 65.8 cm³/mol. The zero-order valence-corrected chi connectivity index (χ0v) is 10.6. The van der Waals surface area contributed by atoms with Crippen LogP contribution in [0.4, 0.5) is 4.39 Å². The first kappa shape index (κ1) is 14.1. The molecular weight excluding hydrogens is 243 g/mol. The summed E-state index contributed by atoms with van der Waals surface area (Å²) in [6.45, 7) is 0.699. The van der Waals surface area contributed by atoms with Gasteiger partial charge < -0.3 is 5.32 Å². The quantitative estimate of drug-likeness (QED) is 0.751. The maximum absolute atomic E-state index is 12.8. The molecule has 1 aromatic carbocycles. The molecule has 0 aromatic heterocycles. The second kappa shape index (κ2) is 6.68. The minimum atomic E-state index is -3.23. The highest BCUT2D eigenvalue weighted by Crippen LogP contribution is 2.03. The molecule has 0 saturated heterocycles. The molecule has 4 nitrogen and oxygen atoms in total. The summed E-state index contributed by atoms with van der Waals surface area (Å²) in [5, 5.41) is 2.77. The van der Waals surface area contributed by atoms with Crippen molar-refractivity contribution in [1.29, 1.82) is 0 Å². The van der Waals surface area contributed by atoms with Gasteiger partial charge in [-0.3, -0.25) is 0 Å². The average molecular weight is 260 g/mol. The Morgan fingerprint density at radius 2 is 2.06 bits per heavy atom. The largest absolute Gasteiger partial charge is 0.319 e. The summed E-state index contributed by atoms with van der Waals surface area (Å²) in [5.41, 5.74) is 0.779. The Morgan fingerprint density at radius 1 is 1.29 bits per heavy atom. The lowest BCUT2D eigenvalue weighted by Gasteiger charge is -2.06. The zero-order chi connectivity index (χ0) is 12.7. The summed E-state index contributed by atoms with van der Waals surface area (Å²) < 4.78 is 38.2. The van der Waals surface area contributed by atoms with E-state index in [9.17, 15) is 12.8 Å². The van der Waals surface area contributed by atoms with E-state index in [1.165, 1.54) is 12.1 Å². The number of nitrogens with one attached hydrogen (secondary N) is 2. The van der Waals surface area contributed by atoms with E-state index in [1.807, 2.05) is 0 Å². The fourth-order valence-corrected chi connectivity index (χ4v) is 2.38. The first-order valence-corrected chi connectivity index (χ1v) is 7.05. The topological polar surface area (TPSA) is 58.2 Å². The maximum atomic E-state index is 12.8. The van der Waals surface area contributed by atoms with Crippen LogP contribution < -0.4 is 10.0 Å². The number of benzene rings is 1. The van der Waals surface area contributed by atoms with Crippen molar-refractivity contribution in [3.8, 4) is 0 Å². The summed E-state index contributed by atoms with van der Waals surface area (Å²) in [6, 6.07) is 6.15. The highest BCUT2D eigenvalue weighted by molar-refractivity contribution is 7.89. The third kappa shape index (κ3) is 5.76. The fraction of sp³-hybridized carbons (Fsp3) is 0.455. The van der Waals surface area contributed by atoms with Crippen molar-refractivity contribution in [3.63, 3.8) is 0 Å². The third-order valence-corrected chi connectivity index (χ3v) is 3.63. The molecule has 0 atom stereocenters. The van der Waals surface area contributed by atoms with E-state index in [0.717, 1.165) is 5.56 Å². The van der Waals surface area contributed by atoms with Gasteiger partial charge in [-0.15, -0.1) is 0 Å². The molecule has 1 rings (SSSR count). The second-order valence-electron chi connectivity index (χ2n) is 3.70. The van der Waals surface area contributed by atoms with Crippen molar-refractivity contribution in [2.24, 2.45) is 0 Å². The van der Waals surface area contributed by atoms with Gasteiger partial charge in [0.1, 0.15) is 5.82 Å². The van der Waals surface area contributed by atoms with Gasteiger partial charge in [0.2, 0.25) is 10.0 Å². The van der Waals surface area contributed by atoms with Crippen molar-refractivity contribution in [3.05, 3.63) is 35.6 Å². The molecule has 96 valence electrons. The number of sulfonamides is 1. The molecule has 0 aliphatic rings. The molecule has 2 N–H and O–H groups in total. The normalized spacial score (nSPS) is 11.6. The van der Waals surface area contributed by atoms with Crippen molar-refractivity contribution in [1.82, 2.24) is 10.0 Å². The van der Waals surface area contributed by atoms with E-state index in [2.05, 4.69) is 10.0 Å². The van der Waals surface area contributed by atoms with Crippen LogP contribution in [-0.2, 0) is 16.4 Å². The molecule has 0 unspecified atom stereocenters. The van der Waals surface area contributed by atoms with Crippen LogP contribution in [0.5, 0.6) is 0 Å². The van der Waals surface area contributed by atoms with Crippen LogP contribution in [0.3, 0.4) is 0 Å². The Kier molecular flexibility index (Phi) is 5.54. The lowest BCUT2D eigenvalue weighted by Crippen LogP contribution is -2.32. The van der Waals surface area contributed by atoms with Gasteiger partial charge in [-0.2, -0.15) is 0 Å². The SMILES string of the molecule is CNCCS(=O)(=O)NCCc1cccc(F)c1. The Labute approximate surface area is 101 Å². The van der Waals surface area contributed by atoms with E-state index in [0.29, 0.717) is 13.0 Å². The highest BCUT2D eigenvalue weighted by Gasteiger charge is 2.08. The molecule has 0 fully saturated rings. The second-order valence-corrected chi connectivity index (χ2v) is 5.62. The Hall–Kier alpha value is -0.980. The van der Waals surface area contributed by atoms with E-state index in [4.69, 9.17) is 0 Å². The predicted octanol–water partition coefficient (Wildman–Crippen LogP) is 0.507. The van der Waals surface area contributed by atoms with Gasteiger partial charge in [0, 0.05) is 13.1 Å². The first-order chi connectivity index (χ1) is 8.03. The van der Waals surface area contributed by atoms with Crippen LogP contribution in [0.25, 0.3) is 0 Å². The lowest BCUT2D eigenvalue weighted by atomic mass is 10.1. The summed E-state index contributed by atoms with van der Waals surface area (Å²) in [4.78, 5) is 0. The average Bonchev–Trinajstić information content (AvgIpc) is 2.26. The third-order valence-electron chi connectivity index (χ3n) is 2.25. The monoisotopic (exact) mass is 260 g/mol. The standard InChI is InChI=1S/C11H17FN2O2S/c1-13-7-8-17(15,16)14-6-5-10-3-2-4-11(12)9-10/h2-4,9,13-14H,5-8H2,1H3. The minimum Gasteiger partial charge on any atom is -0.319 e. The van der Waals surface area contributed by atoms with Gasteiger partial charge in [0.15, 0.2) is 0 Å². The zero-order valence-electron chi connectivity index (χ0n) is 9.74. The van der Waals surface area contributed by atoms with Crippen LogP contribution in [0, 0.1) is 5.82 Å². The van der Waals surface area contributed by atoms with Crippen LogP contribution in [0.1, 0.15) is 5.56 Å². The van der Waals surface area contributed by atoms with Crippen molar-refractivity contribution in [2.75, 3.05) is 25.9 Å². The molecule has 0 radical (unpaired) electrons. The van der Waals surface area contributed by atoms with Crippen molar-refractivity contribution < 1.29 is 12.8 Å². The van der Waals surface area contributed by atoms with Crippen molar-refractivity contribution in [2.45, 2.75) is 6.42 Å². The molecule has 0 aliphatic heterocycles. The van der Waals surface area contributed by atoms with E-state index in [1.54, 1.807) is 19.2 Å². The van der Waals surface area contributed by atoms with E-state index < -0.39 is 10.0 Å². The molecule has 0 saturated carbocycles. The Morgan fingerprint density at radius 3 is 2.71 bits per heavy atom. The van der Waals surface area contributed by atoms with E-state index in [-0.39, 0.29) is 18.1 Å². The molecule has 0 amide bonds. The van der Waals surface area contributed by atoms with Crippen LogP contribution in [-0.4, -0.2) is 34.3 Å². The molecule has 17 heavy (non-hydrogen) atoms. The molecule has 0 heterocycles. The molecule has 0 aliphatic carbocycles. The van der Waals surface area contributed by atoms with Crippen molar-refractivity contribution >= 4 is 10.0 Å². The van der Waals surface area contributed by atoms with Crippen LogP contribution in [0.15, 0.2) is 24.3 Å². The first-order valence-electron chi connectivity index (χ1n) is 5.40. The van der Waals surface area contributed by atoms with Gasteiger partial charge in [0.05, 0.1) is 5.75 Å². The highest BCUT2D eigenvalue weighted by atomic mass is 32.2. The summed E-state index contributed by atoms with van der Waals surface area (Å²) in [6.07, 6.45) is 0.483. The summed E-state index contributed by atoms with van der Waals surface area (Å²) >= 11 is 0. The molecular formula is C11H17FN2O2S. The smallest absolute Gasteiger partial charge is 0.212 e. The van der Waals surface area contributed by atoms with Crippen LogP contribution in [0.2, 0.25) is 0 Å². The number of rotatable bonds is 7. The molecule has 6 heteroatoms.